The molecule has 0 spiro atoms. The molecule has 1 aromatic carbocycles. The standard InChI is InChI=1S/C17H16BrNO7S2/c1-3-25-11-5-9(4-10(18)15(11)26-8-14(22)24-2)6-12-16(23)19(7-13(20)21)17(27)28-12/h4-6H,3,7-8H2,1-2H3,(H,20,21)/b12-6+. The Morgan fingerprint density at radius 2 is 2.07 bits per heavy atom. The Bertz CT molecular complexity index is 856. The van der Waals surface area contributed by atoms with E-state index in [4.69, 9.17) is 26.8 Å². The van der Waals surface area contributed by atoms with Crippen LogP contribution in [0.4, 0.5) is 0 Å². The summed E-state index contributed by atoms with van der Waals surface area (Å²) in [5, 5.41) is 8.90. The number of hydrogen-bond donors (Lipinski definition) is 1. The molecule has 2 rings (SSSR count). The number of hydrogen-bond acceptors (Lipinski definition) is 8. The number of carboxylic acid groups (broad SMARTS) is 1. The first-order valence-corrected chi connectivity index (χ1v) is 9.91. The lowest BCUT2D eigenvalue weighted by atomic mass is 10.2. The number of halogens is 1. The molecule has 1 aromatic rings. The third-order valence-corrected chi connectivity index (χ3v) is 5.33. The predicted octanol–water partition coefficient (Wildman–Crippen LogP) is 2.69. The minimum absolute atomic E-state index is 0.181. The van der Waals surface area contributed by atoms with Gasteiger partial charge in [0.25, 0.3) is 5.91 Å². The molecular formula is C17H16BrNO7S2. The highest BCUT2D eigenvalue weighted by Crippen LogP contribution is 2.39. The quantitative estimate of drug-likeness (QED) is 0.335. The number of amides is 1. The largest absolute Gasteiger partial charge is 0.490 e. The highest BCUT2D eigenvalue weighted by atomic mass is 79.9. The van der Waals surface area contributed by atoms with E-state index in [-0.39, 0.29) is 10.9 Å². The lowest BCUT2D eigenvalue weighted by molar-refractivity contribution is -0.143. The first-order valence-electron chi connectivity index (χ1n) is 7.90. The molecule has 0 radical (unpaired) electrons. The summed E-state index contributed by atoms with van der Waals surface area (Å²) in [6.07, 6.45) is 1.58. The molecule has 11 heteroatoms. The lowest BCUT2D eigenvalue weighted by Crippen LogP contribution is -2.33. The fraction of sp³-hybridized carbons (Fsp3) is 0.294. The van der Waals surface area contributed by atoms with E-state index in [0.29, 0.717) is 33.0 Å². The van der Waals surface area contributed by atoms with E-state index in [1.165, 1.54) is 7.11 Å². The molecule has 1 aliphatic heterocycles. The number of nitrogens with zero attached hydrogens (tertiary/aromatic N) is 1. The average Bonchev–Trinajstić information content (AvgIpc) is 2.88. The van der Waals surface area contributed by atoms with Gasteiger partial charge in [-0.3, -0.25) is 14.5 Å². The molecule has 0 atom stereocenters. The van der Waals surface area contributed by atoms with Crippen LogP contribution in [0.5, 0.6) is 11.5 Å². The number of thioether (sulfide) groups is 1. The van der Waals surface area contributed by atoms with Gasteiger partial charge in [0, 0.05) is 0 Å². The van der Waals surface area contributed by atoms with Crippen molar-refractivity contribution < 1.29 is 33.7 Å². The van der Waals surface area contributed by atoms with E-state index in [2.05, 4.69) is 20.7 Å². The summed E-state index contributed by atoms with van der Waals surface area (Å²) in [5.74, 6) is -1.47. The molecule has 28 heavy (non-hydrogen) atoms. The molecule has 1 fully saturated rings. The number of rotatable bonds is 8. The van der Waals surface area contributed by atoms with Crippen LogP contribution in [-0.2, 0) is 19.1 Å². The summed E-state index contributed by atoms with van der Waals surface area (Å²) >= 11 is 9.47. The van der Waals surface area contributed by atoms with Crippen LogP contribution in [0.1, 0.15) is 12.5 Å². The number of carboxylic acids is 1. The van der Waals surface area contributed by atoms with Crippen molar-refractivity contribution in [2.45, 2.75) is 6.92 Å². The number of ether oxygens (including phenoxy) is 3. The zero-order valence-electron chi connectivity index (χ0n) is 14.9. The minimum Gasteiger partial charge on any atom is -0.490 e. The maximum absolute atomic E-state index is 12.4. The van der Waals surface area contributed by atoms with Crippen molar-refractivity contribution in [3.63, 3.8) is 0 Å². The van der Waals surface area contributed by atoms with Crippen LogP contribution in [0.3, 0.4) is 0 Å². The fourth-order valence-electron chi connectivity index (χ4n) is 2.19. The molecule has 1 saturated heterocycles. The van der Waals surface area contributed by atoms with Crippen LogP contribution >= 0.6 is 39.9 Å². The SMILES string of the molecule is CCOc1cc(/C=C2/SC(=S)N(CC(=O)O)C2=O)cc(Br)c1OCC(=O)OC. The topological polar surface area (TPSA) is 102 Å². The van der Waals surface area contributed by atoms with E-state index in [1.807, 2.05) is 0 Å². The Hall–Kier alpha value is -2.11. The second-order valence-corrected chi connectivity index (χ2v) is 7.82. The first kappa shape index (κ1) is 22.2. The highest BCUT2D eigenvalue weighted by Gasteiger charge is 2.33. The smallest absolute Gasteiger partial charge is 0.343 e. The molecule has 0 saturated carbocycles. The van der Waals surface area contributed by atoms with E-state index < -0.39 is 24.4 Å². The summed E-state index contributed by atoms with van der Waals surface area (Å²) in [4.78, 5) is 35.9. The first-order chi connectivity index (χ1) is 13.3. The number of carbonyl (C=O) groups excluding carboxylic acids is 2. The van der Waals surface area contributed by atoms with E-state index in [9.17, 15) is 14.4 Å². The Morgan fingerprint density at radius 1 is 1.36 bits per heavy atom. The van der Waals surface area contributed by atoms with E-state index in [0.717, 1.165) is 16.7 Å². The van der Waals surface area contributed by atoms with Crippen molar-refractivity contribution in [3.05, 3.63) is 27.1 Å². The zero-order chi connectivity index (χ0) is 20.8. The van der Waals surface area contributed by atoms with E-state index >= 15 is 0 Å². The van der Waals surface area contributed by atoms with Gasteiger partial charge in [0.1, 0.15) is 10.9 Å². The maximum atomic E-state index is 12.4. The van der Waals surface area contributed by atoms with Crippen molar-refractivity contribution in [2.75, 3.05) is 26.9 Å². The van der Waals surface area contributed by atoms with Gasteiger partial charge in [0.05, 0.1) is 23.1 Å². The van der Waals surface area contributed by atoms with Gasteiger partial charge in [0.15, 0.2) is 18.1 Å². The fourth-order valence-corrected chi connectivity index (χ4v) is 4.02. The van der Waals surface area contributed by atoms with Crippen LogP contribution in [-0.4, -0.2) is 59.0 Å². The van der Waals surface area contributed by atoms with Crippen LogP contribution in [0.15, 0.2) is 21.5 Å². The zero-order valence-corrected chi connectivity index (χ0v) is 18.1. The number of benzene rings is 1. The molecular weight excluding hydrogens is 474 g/mol. The summed E-state index contributed by atoms with van der Waals surface area (Å²) in [7, 11) is 1.26. The van der Waals surface area contributed by atoms with Crippen molar-refractivity contribution in [2.24, 2.45) is 0 Å². The molecule has 0 unspecified atom stereocenters. The molecule has 1 amide bonds. The van der Waals surface area contributed by atoms with Gasteiger partial charge in [-0.15, -0.1) is 0 Å². The van der Waals surface area contributed by atoms with Gasteiger partial charge in [-0.25, -0.2) is 4.79 Å². The normalized spacial score (nSPS) is 15.1. The van der Waals surface area contributed by atoms with Gasteiger partial charge >= 0.3 is 11.9 Å². The van der Waals surface area contributed by atoms with Crippen molar-refractivity contribution in [1.82, 2.24) is 4.90 Å². The number of esters is 1. The van der Waals surface area contributed by atoms with Crippen LogP contribution in [0.2, 0.25) is 0 Å². The number of thiocarbonyl (C=S) groups is 1. The van der Waals surface area contributed by atoms with Crippen LogP contribution < -0.4 is 9.47 Å². The minimum atomic E-state index is -1.15. The Balaban J connectivity index is 2.32. The Morgan fingerprint density at radius 3 is 2.68 bits per heavy atom. The third-order valence-electron chi connectivity index (χ3n) is 3.36. The Kier molecular flexibility index (Phi) is 7.84. The van der Waals surface area contributed by atoms with Crippen molar-refractivity contribution in [1.29, 1.82) is 0 Å². The van der Waals surface area contributed by atoms with Crippen molar-refractivity contribution in [3.8, 4) is 11.5 Å². The monoisotopic (exact) mass is 489 g/mol. The summed E-state index contributed by atoms with van der Waals surface area (Å²) in [5.41, 5.74) is 0.608. The van der Waals surface area contributed by atoms with Gasteiger partial charge < -0.3 is 19.3 Å². The summed E-state index contributed by atoms with van der Waals surface area (Å²) in [6, 6.07) is 3.32. The molecule has 0 aliphatic carbocycles. The lowest BCUT2D eigenvalue weighted by Gasteiger charge is -2.14. The van der Waals surface area contributed by atoms with Crippen molar-refractivity contribution >= 4 is 68.2 Å². The highest BCUT2D eigenvalue weighted by molar-refractivity contribution is 9.10. The van der Waals surface area contributed by atoms with Gasteiger partial charge in [-0.05, 0) is 46.6 Å². The molecule has 0 bridgehead atoms. The summed E-state index contributed by atoms with van der Waals surface area (Å²) in [6.45, 7) is 1.37. The second kappa shape index (κ2) is 9.89. The predicted molar refractivity (Wildman–Crippen MR) is 110 cm³/mol. The Labute approximate surface area is 178 Å². The van der Waals surface area contributed by atoms with Gasteiger partial charge in [-0.1, -0.05) is 24.0 Å². The number of methoxy groups -OCH3 is 1. The van der Waals surface area contributed by atoms with Crippen LogP contribution in [0, 0.1) is 0 Å². The average molecular weight is 490 g/mol. The second-order valence-electron chi connectivity index (χ2n) is 5.29. The molecule has 1 N–H and O–H groups in total. The maximum Gasteiger partial charge on any atom is 0.343 e. The van der Waals surface area contributed by atoms with Gasteiger partial charge in [-0.2, -0.15) is 0 Å². The third kappa shape index (κ3) is 5.46. The number of carbonyl (C=O) groups is 3. The van der Waals surface area contributed by atoms with Crippen LogP contribution in [0.25, 0.3) is 6.08 Å². The molecule has 1 aliphatic rings. The van der Waals surface area contributed by atoms with Gasteiger partial charge in [0.2, 0.25) is 0 Å². The molecule has 0 aromatic heterocycles. The molecule has 150 valence electrons. The molecule has 8 nitrogen and oxygen atoms in total. The number of aliphatic carboxylic acids is 1. The van der Waals surface area contributed by atoms with E-state index in [1.54, 1.807) is 25.1 Å². The molecule has 1 heterocycles. The summed E-state index contributed by atoms with van der Waals surface area (Å²) < 4.78 is 16.3.